The molecular formula is C16H24FN3. The lowest BCUT2D eigenvalue weighted by Gasteiger charge is -2.26. The first-order chi connectivity index (χ1) is 9.83. The summed E-state index contributed by atoms with van der Waals surface area (Å²) in [6.07, 6.45) is 7.85. The molecule has 4 heteroatoms. The van der Waals surface area contributed by atoms with Crippen molar-refractivity contribution < 1.29 is 4.39 Å². The standard InChI is InChI=1S/C16H24FN3/c17-15-10-14(13-4-6-18-7-5-13)11-19-16(15)12-20-8-2-1-3-9-20/h10-11,13,18H,1-9,12H2. The van der Waals surface area contributed by atoms with Crippen LogP contribution >= 0.6 is 0 Å². The van der Waals surface area contributed by atoms with Crippen LogP contribution in [0.4, 0.5) is 4.39 Å². The molecule has 1 aromatic heterocycles. The molecule has 0 aliphatic carbocycles. The number of hydrogen-bond donors (Lipinski definition) is 1. The van der Waals surface area contributed by atoms with Gasteiger partial charge in [-0.05, 0) is 69.4 Å². The number of rotatable bonds is 3. The van der Waals surface area contributed by atoms with Gasteiger partial charge in [0.25, 0.3) is 0 Å². The minimum Gasteiger partial charge on any atom is -0.317 e. The van der Waals surface area contributed by atoms with Crippen molar-refractivity contribution in [1.29, 1.82) is 0 Å². The van der Waals surface area contributed by atoms with E-state index in [4.69, 9.17) is 0 Å². The lowest BCUT2D eigenvalue weighted by atomic mass is 9.91. The zero-order valence-corrected chi connectivity index (χ0v) is 12.1. The van der Waals surface area contributed by atoms with E-state index in [2.05, 4.69) is 15.2 Å². The molecule has 2 aliphatic rings. The summed E-state index contributed by atoms with van der Waals surface area (Å²) in [5.41, 5.74) is 1.69. The van der Waals surface area contributed by atoms with Gasteiger partial charge < -0.3 is 5.32 Å². The molecular weight excluding hydrogens is 253 g/mol. The van der Waals surface area contributed by atoms with Crippen LogP contribution in [0.3, 0.4) is 0 Å². The van der Waals surface area contributed by atoms with Crippen molar-refractivity contribution in [3.8, 4) is 0 Å². The molecule has 0 bridgehead atoms. The Bertz CT molecular complexity index is 437. The summed E-state index contributed by atoms with van der Waals surface area (Å²) in [7, 11) is 0. The van der Waals surface area contributed by atoms with Crippen LogP contribution in [0.25, 0.3) is 0 Å². The highest BCUT2D eigenvalue weighted by atomic mass is 19.1. The van der Waals surface area contributed by atoms with E-state index in [1.54, 1.807) is 6.07 Å². The normalized spacial score (nSPS) is 22.1. The smallest absolute Gasteiger partial charge is 0.146 e. The Morgan fingerprint density at radius 2 is 1.95 bits per heavy atom. The molecule has 0 radical (unpaired) electrons. The highest BCUT2D eigenvalue weighted by Gasteiger charge is 2.18. The van der Waals surface area contributed by atoms with Crippen molar-refractivity contribution >= 4 is 0 Å². The van der Waals surface area contributed by atoms with Crippen molar-refractivity contribution in [2.24, 2.45) is 0 Å². The second-order valence-corrected chi connectivity index (χ2v) is 6.06. The van der Waals surface area contributed by atoms with E-state index in [0.29, 0.717) is 18.2 Å². The summed E-state index contributed by atoms with van der Waals surface area (Å²) in [6, 6.07) is 1.72. The molecule has 1 N–H and O–H groups in total. The van der Waals surface area contributed by atoms with E-state index in [0.717, 1.165) is 44.6 Å². The number of aromatic nitrogens is 1. The van der Waals surface area contributed by atoms with Gasteiger partial charge in [0.15, 0.2) is 0 Å². The number of piperidine rings is 2. The Morgan fingerprint density at radius 3 is 2.65 bits per heavy atom. The quantitative estimate of drug-likeness (QED) is 0.920. The first-order valence-electron chi connectivity index (χ1n) is 7.90. The molecule has 0 atom stereocenters. The van der Waals surface area contributed by atoms with Gasteiger partial charge >= 0.3 is 0 Å². The van der Waals surface area contributed by atoms with E-state index >= 15 is 0 Å². The van der Waals surface area contributed by atoms with E-state index in [1.807, 2.05) is 6.20 Å². The number of halogens is 1. The molecule has 0 spiro atoms. The molecule has 2 fully saturated rings. The largest absolute Gasteiger partial charge is 0.317 e. The number of hydrogen-bond acceptors (Lipinski definition) is 3. The van der Waals surface area contributed by atoms with Gasteiger partial charge in [-0.25, -0.2) is 4.39 Å². The SMILES string of the molecule is Fc1cc(C2CCNCC2)cnc1CN1CCCCC1. The topological polar surface area (TPSA) is 28.2 Å². The van der Waals surface area contributed by atoms with Crippen molar-refractivity contribution in [3.63, 3.8) is 0 Å². The van der Waals surface area contributed by atoms with Crippen molar-refractivity contribution in [2.75, 3.05) is 26.2 Å². The van der Waals surface area contributed by atoms with E-state index < -0.39 is 0 Å². The fraction of sp³-hybridized carbons (Fsp3) is 0.688. The molecule has 0 aromatic carbocycles. The van der Waals surface area contributed by atoms with Crippen LogP contribution in [-0.4, -0.2) is 36.1 Å². The minimum absolute atomic E-state index is 0.119. The molecule has 1 aromatic rings. The summed E-state index contributed by atoms with van der Waals surface area (Å²) in [4.78, 5) is 6.73. The third-order valence-electron chi connectivity index (χ3n) is 4.57. The third kappa shape index (κ3) is 3.36. The van der Waals surface area contributed by atoms with Gasteiger partial charge in [-0.1, -0.05) is 6.42 Å². The van der Waals surface area contributed by atoms with Crippen molar-refractivity contribution in [1.82, 2.24) is 15.2 Å². The van der Waals surface area contributed by atoms with Gasteiger partial charge in [-0.3, -0.25) is 9.88 Å². The van der Waals surface area contributed by atoms with Crippen LogP contribution in [0.1, 0.15) is 49.3 Å². The predicted molar refractivity (Wildman–Crippen MR) is 78.2 cm³/mol. The zero-order valence-electron chi connectivity index (χ0n) is 12.1. The van der Waals surface area contributed by atoms with E-state index in [-0.39, 0.29) is 5.82 Å². The number of likely N-dealkylation sites (tertiary alicyclic amines) is 1. The molecule has 3 rings (SSSR count). The summed E-state index contributed by atoms with van der Waals surface area (Å²) >= 11 is 0. The number of nitrogens with zero attached hydrogens (tertiary/aromatic N) is 2. The van der Waals surface area contributed by atoms with Gasteiger partial charge in [0.2, 0.25) is 0 Å². The Morgan fingerprint density at radius 1 is 1.20 bits per heavy atom. The molecule has 0 amide bonds. The average Bonchev–Trinajstić information content (AvgIpc) is 2.51. The molecule has 110 valence electrons. The molecule has 2 saturated heterocycles. The Kier molecular flexibility index (Phi) is 4.63. The van der Waals surface area contributed by atoms with Crippen molar-refractivity contribution in [2.45, 2.75) is 44.6 Å². The van der Waals surface area contributed by atoms with Crippen LogP contribution < -0.4 is 5.32 Å². The van der Waals surface area contributed by atoms with Gasteiger partial charge in [-0.2, -0.15) is 0 Å². The first kappa shape index (κ1) is 14.0. The van der Waals surface area contributed by atoms with Crippen LogP contribution in [0.5, 0.6) is 0 Å². The van der Waals surface area contributed by atoms with E-state index in [1.165, 1.54) is 19.3 Å². The maximum absolute atomic E-state index is 14.3. The fourth-order valence-corrected chi connectivity index (χ4v) is 3.31. The Labute approximate surface area is 120 Å². The van der Waals surface area contributed by atoms with E-state index in [9.17, 15) is 4.39 Å². The summed E-state index contributed by atoms with van der Waals surface area (Å²) in [5.74, 6) is 0.355. The maximum Gasteiger partial charge on any atom is 0.146 e. The molecule has 3 heterocycles. The van der Waals surface area contributed by atoms with Gasteiger partial charge in [0.1, 0.15) is 5.82 Å². The molecule has 0 saturated carbocycles. The lowest BCUT2D eigenvalue weighted by molar-refractivity contribution is 0.215. The maximum atomic E-state index is 14.3. The Hall–Kier alpha value is -1.00. The van der Waals surface area contributed by atoms with Gasteiger partial charge in [0, 0.05) is 12.7 Å². The number of pyridine rings is 1. The van der Waals surface area contributed by atoms with Crippen LogP contribution in [0.2, 0.25) is 0 Å². The molecule has 20 heavy (non-hydrogen) atoms. The monoisotopic (exact) mass is 277 g/mol. The minimum atomic E-state index is -0.119. The van der Waals surface area contributed by atoms with Crippen molar-refractivity contribution in [3.05, 3.63) is 29.3 Å². The predicted octanol–water partition coefficient (Wildman–Crippen LogP) is 2.67. The summed E-state index contributed by atoms with van der Waals surface area (Å²) in [6.45, 7) is 4.89. The third-order valence-corrected chi connectivity index (χ3v) is 4.57. The lowest BCUT2D eigenvalue weighted by Crippen LogP contribution is -2.30. The van der Waals surface area contributed by atoms with Gasteiger partial charge in [0.05, 0.1) is 5.69 Å². The second-order valence-electron chi connectivity index (χ2n) is 6.06. The first-order valence-corrected chi connectivity index (χ1v) is 7.90. The zero-order chi connectivity index (χ0) is 13.8. The second kappa shape index (κ2) is 6.64. The Balaban J connectivity index is 1.66. The summed E-state index contributed by atoms with van der Waals surface area (Å²) in [5, 5.41) is 3.34. The molecule has 3 nitrogen and oxygen atoms in total. The number of nitrogens with one attached hydrogen (secondary N) is 1. The van der Waals surface area contributed by atoms with Gasteiger partial charge in [-0.15, -0.1) is 0 Å². The van der Waals surface area contributed by atoms with Crippen LogP contribution in [0, 0.1) is 5.82 Å². The molecule has 0 unspecified atom stereocenters. The average molecular weight is 277 g/mol. The highest BCUT2D eigenvalue weighted by Crippen LogP contribution is 2.26. The van der Waals surface area contributed by atoms with Crippen LogP contribution in [-0.2, 0) is 6.54 Å². The summed E-state index contributed by atoms with van der Waals surface area (Å²) < 4.78 is 14.3. The fourth-order valence-electron chi connectivity index (χ4n) is 3.31. The highest BCUT2D eigenvalue weighted by molar-refractivity contribution is 5.21. The van der Waals surface area contributed by atoms with Crippen LogP contribution in [0.15, 0.2) is 12.3 Å². The molecule has 2 aliphatic heterocycles.